The van der Waals surface area contributed by atoms with Crippen LogP contribution in [0.1, 0.15) is 53.3 Å². The van der Waals surface area contributed by atoms with Crippen LogP contribution in [0.15, 0.2) is 47.0 Å². The zero-order chi connectivity index (χ0) is 20.8. The Morgan fingerprint density at radius 1 is 1.13 bits per heavy atom. The van der Waals surface area contributed by atoms with Crippen molar-refractivity contribution in [2.24, 2.45) is 0 Å². The van der Waals surface area contributed by atoms with E-state index in [-0.39, 0.29) is 23.5 Å². The van der Waals surface area contributed by atoms with E-state index in [0.29, 0.717) is 30.8 Å². The molecule has 0 bridgehead atoms. The summed E-state index contributed by atoms with van der Waals surface area (Å²) in [7, 11) is 0. The van der Waals surface area contributed by atoms with Gasteiger partial charge in [-0.15, -0.1) is 0 Å². The van der Waals surface area contributed by atoms with Crippen molar-refractivity contribution < 1.29 is 18.5 Å². The molecule has 7 heteroatoms. The molecule has 3 aromatic rings. The van der Waals surface area contributed by atoms with E-state index in [1.807, 2.05) is 25.1 Å². The van der Waals surface area contributed by atoms with Crippen LogP contribution in [0.25, 0.3) is 11.0 Å². The summed E-state index contributed by atoms with van der Waals surface area (Å²) in [6.07, 6.45) is 1.62. The average molecular weight is 407 g/mol. The summed E-state index contributed by atoms with van der Waals surface area (Å²) in [6.45, 7) is 3.60. The molecule has 3 heterocycles. The number of likely N-dealkylation sites (N-methyl/N-ethyl adjacent to an activating group) is 1. The third kappa shape index (κ3) is 2.92. The predicted octanol–water partition coefficient (Wildman–Crippen LogP) is 3.89. The molecule has 0 aliphatic carbocycles. The smallest absolute Gasteiger partial charge is 0.260 e. The van der Waals surface area contributed by atoms with Crippen molar-refractivity contribution in [1.29, 1.82) is 0 Å². The first kappa shape index (κ1) is 18.9. The van der Waals surface area contributed by atoms with E-state index in [0.717, 1.165) is 29.5 Å². The minimum absolute atomic E-state index is 0.151. The number of imide groups is 1. The second-order valence-electron chi connectivity index (χ2n) is 7.90. The van der Waals surface area contributed by atoms with E-state index < -0.39 is 6.04 Å². The lowest BCUT2D eigenvalue weighted by Gasteiger charge is -2.41. The minimum Gasteiger partial charge on any atom is -0.356 e. The molecule has 2 amide bonds. The van der Waals surface area contributed by atoms with Gasteiger partial charge in [0.05, 0.1) is 5.69 Å². The van der Waals surface area contributed by atoms with Crippen molar-refractivity contribution >= 4 is 22.8 Å². The number of fused-ring (bicyclic) bond motifs is 2. The lowest BCUT2D eigenvalue weighted by atomic mass is 9.87. The SMILES string of the molecule is CCN1C(=O)c2ccccc2C(N2CCC(c3noc4cc(F)ccc34)CC2)C1=O. The van der Waals surface area contributed by atoms with Crippen LogP contribution in [-0.2, 0) is 4.79 Å². The first-order chi connectivity index (χ1) is 14.6. The highest BCUT2D eigenvalue weighted by Crippen LogP contribution is 2.38. The van der Waals surface area contributed by atoms with Crippen LogP contribution in [0.2, 0.25) is 0 Å². The second kappa shape index (κ2) is 7.32. The molecule has 5 rings (SSSR count). The van der Waals surface area contributed by atoms with E-state index in [2.05, 4.69) is 10.1 Å². The summed E-state index contributed by atoms with van der Waals surface area (Å²) >= 11 is 0. The van der Waals surface area contributed by atoms with Crippen LogP contribution in [0.5, 0.6) is 0 Å². The molecule has 30 heavy (non-hydrogen) atoms. The Balaban J connectivity index is 1.40. The summed E-state index contributed by atoms with van der Waals surface area (Å²) in [4.78, 5) is 29.3. The summed E-state index contributed by atoms with van der Waals surface area (Å²) in [5, 5.41) is 5.05. The zero-order valence-corrected chi connectivity index (χ0v) is 16.7. The highest BCUT2D eigenvalue weighted by atomic mass is 19.1. The van der Waals surface area contributed by atoms with Gasteiger partial charge in [-0.3, -0.25) is 19.4 Å². The molecule has 154 valence electrons. The van der Waals surface area contributed by atoms with Gasteiger partial charge in [-0.1, -0.05) is 23.4 Å². The highest BCUT2D eigenvalue weighted by Gasteiger charge is 2.42. The first-order valence-electron chi connectivity index (χ1n) is 10.3. The lowest BCUT2D eigenvalue weighted by Crippen LogP contribution is -2.51. The number of halogens is 1. The third-order valence-corrected chi connectivity index (χ3v) is 6.29. The van der Waals surface area contributed by atoms with Crippen molar-refractivity contribution in [3.63, 3.8) is 0 Å². The van der Waals surface area contributed by atoms with E-state index in [4.69, 9.17) is 4.52 Å². The molecule has 1 unspecified atom stereocenters. The van der Waals surface area contributed by atoms with Crippen LogP contribution in [-0.4, -0.2) is 46.4 Å². The molecular formula is C23H22FN3O3. The van der Waals surface area contributed by atoms with Gasteiger partial charge >= 0.3 is 0 Å². The van der Waals surface area contributed by atoms with Gasteiger partial charge in [0.15, 0.2) is 5.58 Å². The highest BCUT2D eigenvalue weighted by molar-refractivity contribution is 6.11. The molecule has 2 aliphatic rings. The normalized spacial score (nSPS) is 20.7. The number of carbonyl (C=O) groups is 2. The Kier molecular flexibility index (Phi) is 4.62. The Labute approximate surface area is 173 Å². The molecule has 0 spiro atoms. The largest absolute Gasteiger partial charge is 0.356 e. The van der Waals surface area contributed by atoms with E-state index in [1.54, 1.807) is 12.1 Å². The van der Waals surface area contributed by atoms with Gasteiger partial charge in [0.2, 0.25) is 0 Å². The van der Waals surface area contributed by atoms with Gasteiger partial charge in [-0.05, 0) is 56.6 Å². The summed E-state index contributed by atoms with van der Waals surface area (Å²) < 4.78 is 18.8. The third-order valence-electron chi connectivity index (χ3n) is 6.29. The fourth-order valence-electron chi connectivity index (χ4n) is 4.77. The number of piperidine rings is 1. The Bertz CT molecular complexity index is 1130. The number of nitrogens with zero attached hydrogens (tertiary/aromatic N) is 3. The number of hydrogen-bond acceptors (Lipinski definition) is 5. The molecule has 0 N–H and O–H groups in total. The van der Waals surface area contributed by atoms with Gasteiger partial charge in [0, 0.05) is 29.5 Å². The lowest BCUT2D eigenvalue weighted by molar-refractivity contribution is -0.135. The number of carbonyl (C=O) groups excluding carboxylic acids is 2. The van der Waals surface area contributed by atoms with Gasteiger partial charge in [0.1, 0.15) is 11.9 Å². The monoisotopic (exact) mass is 407 g/mol. The van der Waals surface area contributed by atoms with Gasteiger partial charge in [0.25, 0.3) is 11.8 Å². The van der Waals surface area contributed by atoms with Crippen LogP contribution < -0.4 is 0 Å². The first-order valence-corrected chi connectivity index (χ1v) is 10.3. The second-order valence-corrected chi connectivity index (χ2v) is 7.90. The molecule has 1 atom stereocenters. The van der Waals surface area contributed by atoms with Crippen molar-refractivity contribution in [2.45, 2.75) is 31.7 Å². The Morgan fingerprint density at radius 2 is 1.90 bits per heavy atom. The fourth-order valence-corrected chi connectivity index (χ4v) is 4.77. The molecule has 0 saturated carbocycles. The summed E-state index contributed by atoms with van der Waals surface area (Å²) in [6, 6.07) is 11.4. The molecule has 0 radical (unpaired) electrons. The molecule has 1 saturated heterocycles. The summed E-state index contributed by atoms with van der Waals surface area (Å²) in [5.74, 6) is -0.525. The van der Waals surface area contributed by atoms with Crippen LogP contribution in [0.3, 0.4) is 0 Å². The summed E-state index contributed by atoms with van der Waals surface area (Å²) in [5.41, 5.74) is 2.71. The fraction of sp³-hybridized carbons (Fsp3) is 0.348. The topological polar surface area (TPSA) is 66.7 Å². The van der Waals surface area contributed by atoms with Crippen molar-refractivity contribution in [3.8, 4) is 0 Å². The van der Waals surface area contributed by atoms with E-state index in [9.17, 15) is 14.0 Å². The van der Waals surface area contributed by atoms with Gasteiger partial charge < -0.3 is 4.52 Å². The average Bonchev–Trinajstić information content (AvgIpc) is 3.18. The van der Waals surface area contributed by atoms with Gasteiger partial charge in [-0.25, -0.2) is 4.39 Å². The molecule has 6 nitrogen and oxygen atoms in total. The molecule has 2 aliphatic heterocycles. The maximum atomic E-state index is 13.4. The predicted molar refractivity (Wildman–Crippen MR) is 108 cm³/mol. The van der Waals surface area contributed by atoms with Gasteiger partial charge in [-0.2, -0.15) is 0 Å². The number of amides is 2. The molecule has 1 fully saturated rings. The zero-order valence-electron chi connectivity index (χ0n) is 16.7. The molecule has 1 aromatic heterocycles. The maximum Gasteiger partial charge on any atom is 0.260 e. The number of likely N-dealkylation sites (tertiary alicyclic amines) is 1. The quantitative estimate of drug-likeness (QED) is 0.617. The van der Waals surface area contributed by atoms with Crippen molar-refractivity contribution in [3.05, 3.63) is 65.1 Å². The standard InChI is InChI=1S/C23H22FN3O3/c1-2-27-22(28)17-6-4-3-5-16(17)21(23(27)29)26-11-9-14(10-12-26)20-18-8-7-15(24)13-19(18)30-25-20/h3-8,13-14,21H,2,9-12H2,1H3. The van der Waals surface area contributed by atoms with E-state index >= 15 is 0 Å². The number of benzene rings is 2. The van der Waals surface area contributed by atoms with Crippen LogP contribution in [0.4, 0.5) is 4.39 Å². The molecular weight excluding hydrogens is 385 g/mol. The number of aromatic nitrogens is 1. The van der Waals surface area contributed by atoms with Crippen molar-refractivity contribution in [2.75, 3.05) is 19.6 Å². The molecule has 2 aromatic carbocycles. The minimum atomic E-state index is -0.442. The Hall–Kier alpha value is -3.06. The van der Waals surface area contributed by atoms with Crippen molar-refractivity contribution in [1.82, 2.24) is 15.0 Å². The van der Waals surface area contributed by atoms with Crippen LogP contribution in [0, 0.1) is 5.82 Å². The number of hydrogen-bond donors (Lipinski definition) is 0. The van der Waals surface area contributed by atoms with E-state index in [1.165, 1.54) is 17.0 Å². The maximum absolute atomic E-state index is 13.4. The van der Waals surface area contributed by atoms with Crippen LogP contribution >= 0.6 is 0 Å². The Morgan fingerprint density at radius 3 is 2.67 bits per heavy atom. The number of rotatable bonds is 3.